The molecule has 1 aromatic heterocycles. The highest BCUT2D eigenvalue weighted by atomic mass is 32.1. The number of hydrogen-bond acceptors (Lipinski definition) is 8. The molecule has 3 heterocycles. The number of aromatic nitrogens is 1. The predicted molar refractivity (Wildman–Crippen MR) is 104 cm³/mol. The van der Waals surface area contributed by atoms with Gasteiger partial charge in [0, 0.05) is 5.56 Å². The minimum Gasteiger partial charge on any atom is -0.484 e. The molecule has 1 N–H and O–H groups in total. The number of aromatic carboxylic acids is 1. The summed E-state index contributed by atoms with van der Waals surface area (Å²) in [4.78, 5) is 15.7. The van der Waals surface area contributed by atoms with Gasteiger partial charge in [-0.15, -0.1) is 11.3 Å². The fraction of sp³-hybridized carbons (Fsp3) is 0.450. The van der Waals surface area contributed by atoms with Crippen molar-refractivity contribution in [2.75, 3.05) is 19.8 Å². The number of carboxylic acids is 1. The summed E-state index contributed by atoms with van der Waals surface area (Å²) in [6, 6.07) is 6.95. The molecule has 0 radical (unpaired) electrons. The molecule has 2 saturated heterocycles. The molecule has 8 nitrogen and oxygen atoms in total. The topological polar surface area (TPSA) is 111 Å². The Hall–Kier alpha value is -2.65. The summed E-state index contributed by atoms with van der Waals surface area (Å²) >= 11 is 1.03. The second-order valence-corrected chi connectivity index (χ2v) is 8.08. The van der Waals surface area contributed by atoms with Gasteiger partial charge in [0.25, 0.3) is 6.43 Å². The van der Waals surface area contributed by atoms with Crippen LogP contribution in [0.1, 0.15) is 20.9 Å². The average Bonchev–Trinajstić information content (AvgIpc) is 3.43. The molecule has 164 valence electrons. The van der Waals surface area contributed by atoms with E-state index < -0.39 is 43.4 Å². The van der Waals surface area contributed by atoms with Crippen molar-refractivity contribution in [3.63, 3.8) is 0 Å². The molecule has 0 saturated carbocycles. The number of hydrogen-bond donors (Lipinski definition) is 1. The summed E-state index contributed by atoms with van der Waals surface area (Å²) in [5.41, 5.74) is 1.25. The van der Waals surface area contributed by atoms with E-state index in [-0.39, 0.29) is 23.7 Å². The van der Waals surface area contributed by atoms with Gasteiger partial charge in [-0.3, -0.25) is 0 Å². The van der Waals surface area contributed by atoms with Gasteiger partial charge in [0.15, 0.2) is 6.10 Å². The van der Waals surface area contributed by atoms with E-state index in [4.69, 9.17) is 18.9 Å². The Kier molecular flexibility index (Phi) is 6.15. The van der Waals surface area contributed by atoms with Gasteiger partial charge in [0.05, 0.1) is 24.5 Å². The van der Waals surface area contributed by atoms with E-state index in [2.05, 4.69) is 11.1 Å². The summed E-state index contributed by atoms with van der Waals surface area (Å²) in [6.07, 6.45) is -4.70. The maximum Gasteiger partial charge on any atom is 0.347 e. The van der Waals surface area contributed by atoms with E-state index >= 15 is 0 Å². The standard InChI is InChI=1S/C20H18F2N2O6S/c1-9-18(20(25)26)31-19(24-9)10-2-3-12(11(4-10)5-23)30-14-7-29-16-13(6-28-17(14)16)27-8-15(21)22/h2-4,13-17H,6-8H2,1H3,(H,25,26)/t13-,14-,16+,17+/m0/s1. The van der Waals surface area contributed by atoms with Gasteiger partial charge in [-0.25, -0.2) is 18.6 Å². The van der Waals surface area contributed by atoms with Gasteiger partial charge in [-0.1, -0.05) is 0 Å². The molecule has 0 bridgehead atoms. The van der Waals surface area contributed by atoms with Crippen molar-refractivity contribution in [3.8, 4) is 22.4 Å². The summed E-state index contributed by atoms with van der Waals surface area (Å²) in [6.45, 7) is 1.22. The van der Waals surface area contributed by atoms with Crippen LogP contribution in [0.4, 0.5) is 8.78 Å². The molecule has 4 rings (SSSR count). The zero-order valence-electron chi connectivity index (χ0n) is 16.3. The minimum absolute atomic E-state index is 0.126. The molecular weight excluding hydrogens is 434 g/mol. The molecule has 11 heteroatoms. The van der Waals surface area contributed by atoms with Crippen LogP contribution < -0.4 is 4.74 Å². The van der Waals surface area contributed by atoms with Crippen molar-refractivity contribution in [1.82, 2.24) is 4.98 Å². The van der Waals surface area contributed by atoms with Gasteiger partial charge >= 0.3 is 5.97 Å². The normalized spacial score (nSPS) is 24.9. The van der Waals surface area contributed by atoms with Crippen molar-refractivity contribution in [1.29, 1.82) is 5.26 Å². The molecule has 0 spiro atoms. The molecule has 0 aliphatic carbocycles. The van der Waals surface area contributed by atoms with Crippen LogP contribution in [-0.2, 0) is 14.2 Å². The van der Waals surface area contributed by atoms with Crippen LogP contribution in [0.3, 0.4) is 0 Å². The lowest BCUT2D eigenvalue weighted by molar-refractivity contribution is -0.0699. The lowest BCUT2D eigenvalue weighted by Gasteiger charge is -2.19. The molecular formula is C20H18F2N2O6S. The Morgan fingerprint density at radius 2 is 2.06 bits per heavy atom. The molecule has 2 aliphatic heterocycles. The van der Waals surface area contributed by atoms with E-state index in [1.165, 1.54) is 0 Å². The second kappa shape index (κ2) is 8.84. The Morgan fingerprint density at radius 3 is 2.71 bits per heavy atom. The maximum atomic E-state index is 12.4. The number of nitrogens with zero attached hydrogens (tertiary/aromatic N) is 2. The van der Waals surface area contributed by atoms with Crippen molar-refractivity contribution >= 4 is 17.3 Å². The summed E-state index contributed by atoms with van der Waals surface area (Å²) in [5.74, 6) is -0.738. The monoisotopic (exact) mass is 452 g/mol. The Bertz CT molecular complexity index is 1020. The van der Waals surface area contributed by atoms with Crippen LogP contribution in [0.15, 0.2) is 18.2 Å². The van der Waals surface area contributed by atoms with Crippen LogP contribution in [-0.4, -0.2) is 66.7 Å². The van der Waals surface area contributed by atoms with Crippen LogP contribution in [0, 0.1) is 18.3 Å². The number of ether oxygens (including phenoxy) is 4. The second-order valence-electron chi connectivity index (χ2n) is 7.08. The SMILES string of the molecule is Cc1nc(-c2ccc(O[C@H]3CO[C@H]4[C@@H]3OC[C@@H]4OCC(F)F)c(C#N)c2)sc1C(=O)O. The van der Waals surface area contributed by atoms with E-state index in [0.717, 1.165) is 11.3 Å². The summed E-state index contributed by atoms with van der Waals surface area (Å²) in [7, 11) is 0. The summed E-state index contributed by atoms with van der Waals surface area (Å²) < 4.78 is 47.2. The third-order valence-corrected chi connectivity index (χ3v) is 6.21. The Balaban J connectivity index is 1.48. The van der Waals surface area contributed by atoms with Gasteiger partial charge in [0.2, 0.25) is 0 Å². The fourth-order valence-corrected chi connectivity index (χ4v) is 4.51. The van der Waals surface area contributed by atoms with E-state index in [1.54, 1.807) is 25.1 Å². The minimum atomic E-state index is -2.57. The molecule has 0 unspecified atom stereocenters. The zero-order valence-corrected chi connectivity index (χ0v) is 17.1. The Morgan fingerprint density at radius 1 is 1.35 bits per heavy atom. The van der Waals surface area contributed by atoms with Gasteiger partial charge in [0.1, 0.15) is 46.6 Å². The van der Waals surface area contributed by atoms with Crippen LogP contribution in [0.2, 0.25) is 0 Å². The van der Waals surface area contributed by atoms with E-state index in [9.17, 15) is 23.9 Å². The average molecular weight is 452 g/mol. The van der Waals surface area contributed by atoms with E-state index in [0.29, 0.717) is 22.0 Å². The van der Waals surface area contributed by atoms with Gasteiger partial charge < -0.3 is 24.1 Å². The highest BCUT2D eigenvalue weighted by Crippen LogP contribution is 2.35. The highest BCUT2D eigenvalue weighted by Gasteiger charge is 2.49. The number of fused-ring (bicyclic) bond motifs is 1. The number of alkyl halides is 2. The first-order valence-electron chi connectivity index (χ1n) is 9.42. The van der Waals surface area contributed by atoms with Crippen molar-refractivity contribution < 1.29 is 37.6 Å². The van der Waals surface area contributed by atoms with Crippen LogP contribution >= 0.6 is 11.3 Å². The largest absolute Gasteiger partial charge is 0.484 e. The molecule has 2 fully saturated rings. The summed E-state index contributed by atoms with van der Waals surface area (Å²) in [5, 5.41) is 19.3. The number of halogens is 2. The van der Waals surface area contributed by atoms with Crippen molar-refractivity contribution in [2.24, 2.45) is 0 Å². The maximum absolute atomic E-state index is 12.4. The highest BCUT2D eigenvalue weighted by molar-refractivity contribution is 7.17. The first kappa shape index (κ1) is 21.6. The molecule has 1 aromatic carbocycles. The number of carboxylic acid groups (broad SMARTS) is 1. The predicted octanol–water partition coefficient (Wildman–Crippen LogP) is 2.88. The number of aryl methyl sites for hydroxylation is 1. The smallest absolute Gasteiger partial charge is 0.347 e. The van der Waals surface area contributed by atoms with Gasteiger partial charge in [-0.2, -0.15) is 5.26 Å². The zero-order chi connectivity index (χ0) is 22.1. The first-order valence-corrected chi connectivity index (χ1v) is 10.2. The van der Waals surface area contributed by atoms with Crippen LogP contribution in [0.5, 0.6) is 5.75 Å². The molecule has 31 heavy (non-hydrogen) atoms. The molecule has 2 aliphatic rings. The number of thiazole rings is 1. The number of rotatable bonds is 7. The molecule has 0 amide bonds. The number of nitriles is 1. The molecule has 2 aromatic rings. The van der Waals surface area contributed by atoms with Crippen molar-refractivity contribution in [3.05, 3.63) is 34.3 Å². The number of benzene rings is 1. The molecule has 4 atom stereocenters. The lowest BCUT2D eigenvalue weighted by atomic mass is 10.1. The lowest BCUT2D eigenvalue weighted by Crippen LogP contribution is -2.36. The Labute approximate surface area is 179 Å². The van der Waals surface area contributed by atoms with Gasteiger partial charge in [-0.05, 0) is 25.1 Å². The quantitative estimate of drug-likeness (QED) is 0.683. The van der Waals surface area contributed by atoms with E-state index in [1.807, 2.05) is 0 Å². The number of carbonyl (C=O) groups is 1. The third-order valence-electron chi connectivity index (χ3n) is 5.01. The van der Waals surface area contributed by atoms with Crippen LogP contribution in [0.25, 0.3) is 10.6 Å². The first-order chi connectivity index (χ1) is 14.9. The third kappa shape index (κ3) is 4.38. The fourth-order valence-electron chi connectivity index (χ4n) is 3.60. The van der Waals surface area contributed by atoms with Crippen molar-refractivity contribution in [2.45, 2.75) is 37.8 Å².